The molecule has 0 spiro atoms. The Morgan fingerprint density at radius 2 is 2.25 bits per heavy atom. The molecular formula is C6H10O2. The molecule has 1 fully saturated rings. The van der Waals surface area contributed by atoms with Crippen LogP contribution in [0.3, 0.4) is 0 Å². The molecule has 0 N–H and O–H groups in total. The predicted octanol–water partition coefficient (Wildman–Crippen LogP) is 0.815. The quantitative estimate of drug-likeness (QED) is 0.436. The summed E-state index contributed by atoms with van der Waals surface area (Å²) in [5.74, 6) is 0.495. The number of carbonyl (C=O) groups excluding carboxylic acids is 1. The molecule has 0 radical (unpaired) electrons. The molecule has 0 unspecified atom stereocenters. The number of rotatable bonds is 0. The fourth-order valence-electron chi connectivity index (χ4n) is 0.722. The number of ether oxygens (including phenoxy) is 1. The molecule has 8 heavy (non-hydrogen) atoms. The zero-order chi connectivity index (χ0) is 6.15. The van der Waals surface area contributed by atoms with E-state index in [0.29, 0.717) is 12.5 Å². The minimum absolute atomic E-state index is 0.0440. The van der Waals surface area contributed by atoms with Crippen molar-refractivity contribution in [2.45, 2.75) is 13.8 Å². The number of hydrogen-bond acceptors (Lipinski definition) is 2. The molecule has 0 aliphatic carbocycles. The number of cyclic esters (lactones) is 1. The monoisotopic (exact) mass is 114 g/mol. The Bertz CT molecular complexity index is 109. The van der Waals surface area contributed by atoms with E-state index in [4.69, 9.17) is 4.74 Å². The molecule has 0 bridgehead atoms. The van der Waals surface area contributed by atoms with Crippen molar-refractivity contribution in [2.75, 3.05) is 6.61 Å². The minimum atomic E-state index is -0.0440. The van der Waals surface area contributed by atoms with Crippen LogP contribution in [-0.2, 0) is 9.53 Å². The van der Waals surface area contributed by atoms with Gasteiger partial charge in [0, 0.05) is 5.92 Å². The molecular weight excluding hydrogens is 104 g/mol. The van der Waals surface area contributed by atoms with Crippen LogP contribution in [0.5, 0.6) is 0 Å². The van der Waals surface area contributed by atoms with Gasteiger partial charge in [-0.1, -0.05) is 13.8 Å². The van der Waals surface area contributed by atoms with Gasteiger partial charge < -0.3 is 4.74 Å². The zero-order valence-corrected chi connectivity index (χ0v) is 5.18. The standard InChI is InChI=1S/C6H10O2/c1-4-3-8-6(7)5(4)2/h4-5H,3H2,1-2H3/t4-,5-/m0/s1. The van der Waals surface area contributed by atoms with Crippen molar-refractivity contribution in [3.8, 4) is 0 Å². The fraction of sp³-hybridized carbons (Fsp3) is 0.833. The highest BCUT2D eigenvalue weighted by molar-refractivity contribution is 5.74. The Labute approximate surface area is 48.8 Å². The van der Waals surface area contributed by atoms with Crippen LogP contribution in [0.4, 0.5) is 0 Å². The second kappa shape index (κ2) is 1.77. The molecule has 0 aromatic carbocycles. The Balaban J connectivity index is 2.56. The van der Waals surface area contributed by atoms with Gasteiger partial charge in [0.15, 0.2) is 0 Å². The van der Waals surface area contributed by atoms with Crippen LogP contribution >= 0.6 is 0 Å². The lowest BCUT2D eigenvalue weighted by molar-refractivity contribution is -0.140. The Morgan fingerprint density at radius 1 is 1.62 bits per heavy atom. The van der Waals surface area contributed by atoms with E-state index in [2.05, 4.69) is 0 Å². The maximum absolute atomic E-state index is 10.6. The van der Waals surface area contributed by atoms with Gasteiger partial charge in [-0.15, -0.1) is 0 Å². The summed E-state index contributed by atoms with van der Waals surface area (Å²) in [7, 11) is 0. The summed E-state index contributed by atoms with van der Waals surface area (Å²) in [6.07, 6.45) is 0. The van der Waals surface area contributed by atoms with E-state index in [1.165, 1.54) is 0 Å². The van der Waals surface area contributed by atoms with Crippen LogP contribution in [0, 0.1) is 11.8 Å². The van der Waals surface area contributed by atoms with E-state index in [0.717, 1.165) is 0 Å². The van der Waals surface area contributed by atoms with Gasteiger partial charge in [0.1, 0.15) is 0 Å². The van der Waals surface area contributed by atoms with Gasteiger partial charge in [-0.3, -0.25) is 4.79 Å². The topological polar surface area (TPSA) is 26.3 Å². The van der Waals surface area contributed by atoms with E-state index >= 15 is 0 Å². The Kier molecular flexibility index (Phi) is 1.24. The first-order valence-corrected chi connectivity index (χ1v) is 2.88. The average molecular weight is 114 g/mol. The summed E-state index contributed by atoms with van der Waals surface area (Å²) in [5.41, 5.74) is 0. The van der Waals surface area contributed by atoms with Gasteiger partial charge >= 0.3 is 5.97 Å². The summed E-state index contributed by atoms with van der Waals surface area (Å²) in [6.45, 7) is 4.54. The summed E-state index contributed by atoms with van der Waals surface area (Å²) in [5, 5.41) is 0. The van der Waals surface area contributed by atoms with Crippen LogP contribution in [0.1, 0.15) is 13.8 Å². The molecule has 1 aliphatic heterocycles. The molecule has 0 saturated carbocycles. The van der Waals surface area contributed by atoms with Crippen LogP contribution in [0.25, 0.3) is 0 Å². The van der Waals surface area contributed by atoms with Gasteiger partial charge in [0.2, 0.25) is 0 Å². The summed E-state index contributed by atoms with van der Waals surface area (Å²) >= 11 is 0. The van der Waals surface area contributed by atoms with Crippen LogP contribution < -0.4 is 0 Å². The van der Waals surface area contributed by atoms with Gasteiger partial charge in [-0.05, 0) is 0 Å². The first-order chi connectivity index (χ1) is 3.72. The molecule has 1 rings (SSSR count). The van der Waals surface area contributed by atoms with Gasteiger partial charge in [-0.25, -0.2) is 0 Å². The SMILES string of the molecule is C[C@@H]1C(=O)OC[C@@H]1C. The molecule has 46 valence electrons. The van der Waals surface area contributed by atoms with Crippen molar-refractivity contribution in [1.82, 2.24) is 0 Å². The van der Waals surface area contributed by atoms with Crippen molar-refractivity contribution in [2.24, 2.45) is 11.8 Å². The van der Waals surface area contributed by atoms with Crippen molar-refractivity contribution in [3.05, 3.63) is 0 Å². The highest BCUT2D eigenvalue weighted by Crippen LogP contribution is 2.19. The first-order valence-electron chi connectivity index (χ1n) is 2.88. The zero-order valence-electron chi connectivity index (χ0n) is 5.18. The third-order valence-corrected chi connectivity index (χ3v) is 1.71. The highest BCUT2D eigenvalue weighted by atomic mass is 16.5. The van der Waals surface area contributed by atoms with E-state index in [9.17, 15) is 4.79 Å². The second-order valence-electron chi connectivity index (χ2n) is 2.40. The molecule has 2 atom stereocenters. The Hall–Kier alpha value is -0.530. The molecule has 1 heterocycles. The predicted molar refractivity (Wildman–Crippen MR) is 29.3 cm³/mol. The van der Waals surface area contributed by atoms with Gasteiger partial charge in [0.25, 0.3) is 0 Å². The van der Waals surface area contributed by atoms with E-state index in [-0.39, 0.29) is 11.9 Å². The first kappa shape index (κ1) is 5.60. The maximum atomic E-state index is 10.6. The summed E-state index contributed by atoms with van der Waals surface area (Å²) in [6, 6.07) is 0. The van der Waals surface area contributed by atoms with Crippen molar-refractivity contribution >= 4 is 5.97 Å². The minimum Gasteiger partial charge on any atom is -0.465 e. The lowest BCUT2D eigenvalue weighted by Gasteiger charge is -1.98. The number of hydrogen-bond donors (Lipinski definition) is 0. The molecule has 2 heteroatoms. The summed E-state index contributed by atoms with van der Waals surface area (Å²) in [4.78, 5) is 10.6. The Morgan fingerprint density at radius 3 is 2.38 bits per heavy atom. The van der Waals surface area contributed by atoms with E-state index in [1.54, 1.807) is 0 Å². The van der Waals surface area contributed by atoms with Crippen molar-refractivity contribution < 1.29 is 9.53 Å². The molecule has 1 aliphatic rings. The smallest absolute Gasteiger partial charge is 0.309 e. The number of esters is 1. The highest BCUT2D eigenvalue weighted by Gasteiger charge is 2.28. The van der Waals surface area contributed by atoms with Crippen molar-refractivity contribution in [1.29, 1.82) is 0 Å². The molecule has 0 aromatic heterocycles. The van der Waals surface area contributed by atoms with Crippen LogP contribution in [0.2, 0.25) is 0 Å². The third-order valence-electron chi connectivity index (χ3n) is 1.71. The fourth-order valence-corrected chi connectivity index (χ4v) is 0.722. The lowest BCUT2D eigenvalue weighted by Crippen LogP contribution is -2.07. The van der Waals surface area contributed by atoms with Crippen LogP contribution in [0.15, 0.2) is 0 Å². The van der Waals surface area contributed by atoms with Crippen molar-refractivity contribution in [3.63, 3.8) is 0 Å². The largest absolute Gasteiger partial charge is 0.465 e. The molecule has 2 nitrogen and oxygen atoms in total. The average Bonchev–Trinajstić information content (AvgIpc) is 1.98. The normalized spacial score (nSPS) is 37.5. The number of carbonyl (C=O) groups is 1. The summed E-state index contributed by atoms with van der Waals surface area (Å²) < 4.78 is 4.74. The van der Waals surface area contributed by atoms with E-state index < -0.39 is 0 Å². The molecule has 0 amide bonds. The van der Waals surface area contributed by atoms with Crippen LogP contribution in [-0.4, -0.2) is 12.6 Å². The van der Waals surface area contributed by atoms with Gasteiger partial charge in [-0.2, -0.15) is 0 Å². The van der Waals surface area contributed by atoms with Gasteiger partial charge in [0.05, 0.1) is 12.5 Å². The third kappa shape index (κ3) is 0.703. The molecule has 0 aromatic rings. The lowest BCUT2D eigenvalue weighted by atomic mass is 10.0. The second-order valence-corrected chi connectivity index (χ2v) is 2.40. The maximum Gasteiger partial charge on any atom is 0.309 e. The van der Waals surface area contributed by atoms with E-state index in [1.807, 2.05) is 13.8 Å². The molecule has 1 saturated heterocycles.